The Balaban J connectivity index is 2.09. The average Bonchev–Trinajstić information content (AvgIpc) is 2.77. The van der Waals surface area contributed by atoms with Gasteiger partial charge in [-0.1, -0.05) is 6.92 Å². The molecule has 2 heterocycles. The largest absolute Gasteiger partial charge is 0.315 e. The third-order valence-electron chi connectivity index (χ3n) is 3.89. The van der Waals surface area contributed by atoms with Gasteiger partial charge in [-0.05, 0) is 38.9 Å². The van der Waals surface area contributed by atoms with Crippen molar-refractivity contribution in [2.45, 2.75) is 38.8 Å². The number of likely N-dealkylation sites (N-methyl/N-ethyl adjacent to an activating group) is 1. The molecule has 1 fully saturated rings. The standard InChI is InChI=1S/C13H24N4/c1-4-17(12-6-5-8-14-10-12)11(2)13-7-9-15-16(13)3/h7,9,11-12,14H,4-6,8,10H2,1-3H3. The van der Waals surface area contributed by atoms with Gasteiger partial charge in [0.15, 0.2) is 0 Å². The van der Waals surface area contributed by atoms with Crippen LogP contribution in [0.3, 0.4) is 0 Å². The van der Waals surface area contributed by atoms with E-state index in [4.69, 9.17) is 0 Å². The van der Waals surface area contributed by atoms with Crippen LogP contribution in [-0.2, 0) is 7.05 Å². The summed E-state index contributed by atoms with van der Waals surface area (Å²) in [6.07, 6.45) is 4.49. The number of nitrogens with one attached hydrogen (secondary N) is 1. The lowest BCUT2D eigenvalue weighted by atomic mass is 10.0. The van der Waals surface area contributed by atoms with Gasteiger partial charge in [0, 0.05) is 31.9 Å². The van der Waals surface area contributed by atoms with Crippen LogP contribution in [-0.4, -0.2) is 40.4 Å². The van der Waals surface area contributed by atoms with Gasteiger partial charge in [-0.3, -0.25) is 9.58 Å². The minimum absolute atomic E-state index is 0.442. The molecule has 1 N–H and O–H groups in total. The van der Waals surface area contributed by atoms with Crippen LogP contribution >= 0.6 is 0 Å². The van der Waals surface area contributed by atoms with Gasteiger partial charge in [-0.25, -0.2) is 0 Å². The fraction of sp³-hybridized carbons (Fsp3) is 0.769. The number of aryl methyl sites for hydroxylation is 1. The molecule has 0 aromatic carbocycles. The zero-order valence-electron chi connectivity index (χ0n) is 11.2. The Labute approximate surface area is 104 Å². The first-order chi connectivity index (χ1) is 8.24. The van der Waals surface area contributed by atoms with Crippen LogP contribution in [0.1, 0.15) is 38.4 Å². The second-order valence-corrected chi connectivity index (χ2v) is 4.89. The number of nitrogens with zero attached hydrogens (tertiary/aromatic N) is 3. The van der Waals surface area contributed by atoms with Gasteiger partial charge < -0.3 is 5.32 Å². The van der Waals surface area contributed by atoms with Crippen molar-refractivity contribution in [2.24, 2.45) is 7.05 Å². The van der Waals surface area contributed by atoms with Crippen molar-refractivity contribution in [2.75, 3.05) is 19.6 Å². The van der Waals surface area contributed by atoms with Gasteiger partial charge in [-0.2, -0.15) is 5.10 Å². The van der Waals surface area contributed by atoms with Crippen molar-refractivity contribution in [3.8, 4) is 0 Å². The van der Waals surface area contributed by atoms with Gasteiger partial charge in [-0.15, -0.1) is 0 Å². The molecular weight excluding hydrogens is 212 g/mol. The molecule has 0 spiro atoms. The van der Waals surface area contributed by atoms with Crippen LogP contribution < -0.4 is 5.32 Å². The first kappa shape index (κ1) is 12.6. The Hall–Kier alpha value is -0.870. The zero-order chi connectivity index (χ0) is 12.3. The lowest BCUT2D eigenvalue weighted by Gasteiger charge is -2.38. The maximum Gasteiger partial charge on any atom is 0.0549 e. The van der Waals surface area contributed by atoms with Gasteiger partial charge in [0.2, 0.25) is 0 Å². The van der Waals surface area contributed by atoms with Crippen LogP contribution in [0.15, 0.2) is 12.3 Å². The summed E-state index contributed by atoms with van der Waals surface area (Å²) in [5.74, 6) is 0. The third kappa shape index (κ3) is 2.69. The van der Waals surface area contributed by atoms with Gasteiger partial charge in [0.1, 0.15) is 0 Å². The van der Waals surface area contributed by atoms with E-state index in [2.05, 4.69) is 35.2 Å². The van der Waals surface area contributed by atoms with Crippen molar-refractivity contribution in [1.29, 1.82) is 0 Å². The minimum Gasteiger partial charge on any atom is -0.315 e. The fourth-order valence-corrected chi connectivity index (χ4v) is 2.93. The van der Waals surface area contributed by atoms with Crippen LogP contribution in [0.5, 0.6) is 0 Å². The molecule has 1 aromatic rings. The smallest absolute Gasteiger partial charge is 0.0549 e. The molecule has 1 aliphatic heterocycles. The van der Waals surface area contributed by atoms with Crippen molar-refractivity contribution in [3.63, 3.8) is 0 Å². The number of hydrogen-bond acceptors (Lipinski definition) is 3. The summed E-state index contributed by atoms with van der Waals surface area (Å²) in [6.45, 7) is 7.93. The molecule has 4 nitrogen and oxygen atoms in total. The molecule has 2 unspecified atom stereocenters. The van der Waals surface area contributed by atoms with Crippen LogP contribution in [0.2, 0.25) is 0 Å². The maximum atomic E-state index is 4.27. The van der Waals surface area contributed by atoms with E-state index in [1.807, 2.05) is 17.9 Å². The molecule has 96 valence electrons. The number of aromatic nitrogens is 2. The summed E-state index contributed by atoms with van der Waals surface area (Å²) in [5.41, 5.74) is 1.30. The summed E-state index contributed by atoms with van der Waals surface area (Å²) in [7, 11) is 2.03. The summed E-state index contributed by atoms with van der Waals surface area (Å²) in [4.78, 5) is 2.59. The first-order valence-electron chi connectivity index (χ1n) is 6.68. The maximum absolute atomic E-state index is 4.27. The van der Waals surface area contributed by atoms with Crippen molar-refractivity contribution >= 4 is 0 Å². The third-order valence-corrected chi connectivity index (χ3v) is 3.89. The van der Waals surface area contributed by atoms with E-state index >= 15 is 0 Å². The van der Waals surface area contributed by atoms with Crippen molar-refractivity contribution in [3.05, 3.63) is 18.0 Å². The summed E-state index contributed by atoms with van der Waals surface area (Å²) in [6, 6.07) is 3.24. The molecule has 1 aromatic heterocycles. The Morgan fingerprint density at radius 2 is 2.47 bits per heavy atom. The minimum atomic E-state index is 0.442. The second-order valence-electron chi connectivity index (χ2n) is 4.89. The van der Waals surface area contributed by atoms with Crippen molar-refractivity contribution < 1.29 is 0 Å². The lowest BCUT2D eigenvalue weighted by Crippen LogP contribution is -2.47. The molecule has 0 radical (unpaired) electrons. The SMILES string of the molecule is CCN(C1CCCNC1)C(C)c1ccnn1C. The quantitative estimate of drug-likeness (QED) is 0.861. The predicted octanol–water partition coefficient (Wildman–Crippen LogP) is 1.55. The normalized spacial score (nSPS) is 22.9. The Kier molecular flexibility index (Phi) is 4.18. The first-order valence-corrected chi connectivity index (χ1v) is 6.68. The molecule has 2 rings (SSSR count). The predicted molar refractivity (Wildman–Crippen MR) is 69.9 cm³/mol. The highest BCUT2D eigenvalue weighted by Crippen LogP contribution is 2.24. The molecule has 0 aliphatic carbocycles. The zero-order valence-corrected chi connectivity index (χ0v) is 11.2. The van der Waals surface area contributed by atoms with E-state index in [-0.39, 0.29) is 0 Å². The van der Waals surface area contributed by atoms with E-state index in [9.17, 15) is 0 Å². The molecule has 0 saturated carbocycles. The van der Waals surface area contributed by atoms with E-state index in [1.54, 1.807) is 0 Å². The highest BCUT2D eigenvalue weighted by atomic mass is 15.3. The molecule has 0 amide bonds. The lowest BCUT2D eigenvalue weighted by molar-refractivity contribution is 0.123. The summed E-state index contributed by atoms with van der Waals surface area (Å²) in [5, 5.41) is 7.77. The average molecular weight is 236 g/mol. The molecule has 0 bridgehead atoms. The van der Waals surface area contributed by atoms with E-state index in [1.165, 1.54) is 25.1 Å². The Morgan fingerprint density at radius 1 is 1.65 bits per heavy atom. The van der Waals surface area contributed by atoms with E-state index in [0.29, 0.717) is 12.1 Å². The van der Waals surface area contributed by atoms with Crippen molar-refractivity contribution in [1.82, 2.24) is 20.0 Å². The summed E-state index contributed by atoms with van der Waals surface area (Å²) >= 11 is 0. The van der Waals surface area contributed by atoms with Gasteiger partial charge in [0.05, 0.1) is 5.69 Å². The van der Waals surface area contributed by atoms with Gasteiger partial charge in [0.25, 0.3) is 0 Å². The van der Waals surface area contributed by atoms with E-state index in [0.717, 1.165) is 13.1 Å². The van der Waals surface area contributed by atoms with Crippen LogP contribution in [0, 0.1) is 0 Å². The molecule has 1 aliphatic rings. The fourth-order valence-electron chi connectivity index (χ4n) is 2.93. The molecule has 2 atom stereocenters. The number of hydrogen-bond donors (Lipinski definition) is 1. The molecule has 1 saturated heterocycles. The second kappa shape index (κ2) is 5.65. The Bertz CT molecular complexity index is 341. The molecule has 4 heteroatoms. The van der Waals surface area contributed by atoms with Gasteiger partial charge >= 0.3 is 0 Å². The highest BCUT2D eigenvalue weighted by Gasteiger charge is 2.25. The monoisotopic (exact) mass is 236 g/mol. The van der Waals surface area contributed by atoms with Crippen LogP contribution in [0.4, 0.5) is 0 Å². The van der Waals surface area contributed by atoms with Crippen LogP contribution in [0.25, 0.3) is 0 Å². The highest BCUT2D eigenvalue weighted by molar-refractivity contribution is 5.06. The number of piperidine rings is 1. The number of rotatable bonds is 4. The Morgan fingerprint density at radius 3 is 3.00 bits per heavy atom. The topological polar surface area (TPSA) is 33.1 Å². The van der Waals surface area contributed by atoms with E-state index < -0.39 is 0 Å². The summed E-state index contributed by atoms with van der Waals surface area (Å²) < 4.78 is 1.99. The molecular formula is C13H24N4. The molecule has 17 heavy (non-hydrogen) atoms.